The molecule has 17 heavy (non-hydrogen) atoms. The second-order valence-corrected chi connectivity index (χ2v) is 4.47. The van der Waals surface area contributed by atoms with Crippen molar-refractivity contribution >= 4 is 5.78 Å². The highest BCUT2D eigenvalue weighted by molar-refractivity contribution is 5.95. The van der Waals surface area contributed by atoms with E-state index >= 15 is 0 Å². The molecule has 4 nitrogen and oxygen atoms in total. The van der Waals surface area contributed by atoms with Crippen LogP contribution in [0.25, 0.3) is 0 Å². The van der Waals surface area contributed by atoms with Crippen LogP contribution < -0.4 is 0 Å². The molecule has 94 valence electrons. The van der Waals surface area contributed by atoms with Gasteiger partial charge in [-0.25, -0.2) is 0 Å². The fourth-order valence-electron chi connectivity index (χ4n) is 2.17. The molecule has 1 saturated heterocycles. The number of ether oxygens (including phenoxy) is 1. The highest BCUT2D eigenvalue weighted by Gasteiger charge is 2.20. The van der Waals surface area contributed by atoms with Gasteiger partial charge in [0.2, 0.25) is 0 Å². The van der Waals surface area contributed by atoms with Crippen LogP contribution in [0.5, 0.6) is 0 Å². The minimum atomic E-state index is 0.148. The Hall–Kier alpha value is -1.13. The molecule has 0 radical (unpaired) electrons. The summed E-state index contributed by atoms with van der Waals surface area (Å²) in [5, 5.41) is 0. The second kappa shape index (κ2) is 5.98. The molecule has 1 aromatic heterocycles. The molecule has 1 aliphatic heterocycles. The molecule has 0 amide bonds. The number of nitrogens with one attached hydrogen (secondary N) is 1. The average Bonchev–Trinajstić information content (AvgIpc) is 3.00. The normalized spacial score (nSPS) is 20.0. The monoisotopic (exact) mass is 236 g/mol. The van der Waals surface area contributed by atoms with Crippen LogP contribution in [0.15, 0.2) is 18.3 Å². The maximum Gasteiger partial charge on any atom is 0.192 e. The van der Waals surface area contributed by atoms with E-state index in [4.69, 9.17) is 4.74 Å². The van der Waals surface area contributed by atoms with Gasteiger partial charge in [0.05, 0.1) is 18.3 Å². The summed E-state index contributed by atoms with van der Waals surface area (Å²) >= 11 is 0. The first-order valence-electron chi connectivity index (χ1n) is 6.30. The van der Waals surface area contributed by atoms with Crippen molar-refractivity contribution in [3.8, 4) is 0 Å². The van der Waals surface area contributed by atoms with E-state index < -0.39 is 0 Å². The van der Waals surface area contributed by atoms with Gasteiger partial charge < -0.3 is 9.72 Å². The summed E-state index contributed by atoms with van der Waals surface area (Å²) in [6.45, 7) is 5.16. The lowest BCUT2D eigenvalue weighted by molar-refractivity contribution is 0.0684. The number of ketones is 1. The lowest BCUT2D eigenvalue weighted by Gasteiger charge is -2.22. The lowest BCUT2D eigenvalue weighted by Crippen LogP contribution is -2.36. The molecule has 1 atom stereocenters. The van der Waals surface area contributed by atoms with Crippen molar-refractivity contribution in [1.82, 2.24) is 9.88 Å². The van der Waals surface area contributed by atoms with E-state index in [0.29, 0.717) is 18.3 Å². The first-order chi connectivity index (χ1) is 8.29. The van der Waals surface area contributed by atoms with Crippen LogP contribution in [0.4, 0.5) is 0 Å². The van der Waals surface area contributed by atoms with E-state index in [-0.39, 0.29) is 5.78 Å². The van der Waals surface area contributed by atoms with Crippen LogP contribution in [0.2, 0.25) is 0 Å². The first kappa shape index (κ1) is 12.3. The minimum absolute atomic E-state index is 0.148. The number of Topliss-reactive ketones (excluding diaryl/α,β-unsaturated/α-hetero) is 1. The fraction of sp³-hybridized carbons (Fsp3) is 0.615. The maximum absolute atomic E-state index is 11.9. The minimum Gasteiger partial charge on any atom is -0.377 e. The number of carbonyl (C=O) groups is 1. The van der Waals surface area contributed by atoms with E-state index in [1.165, 1.54) is 0 Å². The Balaban J connectivity index is 1.84. The zero-order chi connectivity index (χ0) is 12.1. The predicted molar refractivity (Wildman–Crippen MR) is 66.2 cm³/mol. The molecular weight excluding hydrogens is 216 g/mol. The van der Waals surface area contributed by atoms with Crippen LogP contribution in [0, 0.1) is 0 Å². The Bertz CT molecular complexity index is 342. The van der Waals surface area contributed by atoms with Gasteiger partial charge in [0.25, 0.3) is 0 Å². The predicted octanol–water partition coefficient (Wildman–Crippen LogP) is 1.70. The number of aromatic nitrogens is 1. The molecule has 0 aliphatic carbocycles. The van der Waals surface area contributed by atoms with Crippen molar-refractivity contribution in [2.75, 3.05) is 26.2 Å². The van der Waals surface area contributed by atoms with E-state index in [0.717, 1.165) is 32.5 Å². The van der Waals surface area contributed by atoms with E-state index in [9.17, 15) is 4.79 Å². The third-order valence-corrected chi connectivity index (χ3v) is 3.20. The van der Waals surface area contributed by atoms with Gasteiger partial charge in [-0.2, -0.15) is 0 Å². The smallest absolute Gasteiger partial charge is 0.192 e. The third kappa shape index (κ3) is 3.41. The topological polar surface area (TPSA) is 45.3 Å². The van der Waals surface area contributed by atoms with Crippen LogP contribution in [-0.4, -0.2) is 48.0 Å². The SMILES string of the molecule is CCN(CC(=O)c1ccc[nH]1)CC1CCCO1. The molecular formula is C13H20N2O2. The number of H-pyrrole nitrogens is 1. The maximum atomic E-state index is 11.9. The van der Waals surface area contributed by atoms with E-state index in [1.807, 2.05) is 12.1 Å². The highest BCUT2D eigenvalue weighted by Crippen LogP contribution is 2.13. The number of nitrogens with zero attached hydrogens (tertiary/aromatic N) is 1. The quantitative estimate of drug-likeness (QED) is 0.765. The molecule has 4 heteroatoms. The van der Waals surface area contributed by atoms with E-state index in [2.05, 4.69) is 16.8 Å². The van der Waals surface area contributed by atoms with Crippen molar-refractivity contribution in [2.45, 2.75) is 25.9 Å². The Morgan fingerprint density at radius 1 is 1.65 bits per heavy atom. The number of hydrogen-bond donors (Lipinski definition) is 1. The second-order valence-electron chi connectivity index (χ2n) is 4.47. The Labute approximate surface area is 102 Å². The molecule has 0 spiro atoms. The number of carbonyl (C=O) groups excluding carboxylic acids is 1. The third-order valence-electron chi connectivity index (χ3n) is 3.20. The summed E-state index contributed by atoms with van der Waals surface area (Å²) in [6.07, 6.45) is 4.36. The molecule has 0 bridgehead atoms. The van der Waals surface area contributed by atoms with Crippen molar-refractivity contribution in [2.24, 2.45) is 0 Å². The summed E-state index contributed by atoms with van der Waals surface area (Å²) in [5.41, 5.74) is 0.691. The largest absolute Gasteiger partial charge is 0.377 e. The molecule has 1 N–H and O–H groups in total. The summed E-state index contributed by atoms with van der Waals surface area (Å²) in [7, 11) is 0. The number of likely N-dealkylation sites (N-methyl/N-ethyl adjacent to an activating group) is 1. The lowest BCUT2D eigenvalue weighted by atomic mass is 10.2. The van der Waals surface area contributed by atoms with E-state index in [1.54, 1.807) is 6.20 Å². The van der Waals surface area contributed by atoms with Crippen molar-refractivity contribution in [1.29, 1.82) is 0 Å². The Morgan fingerprint density at radius 3 is 3.12 bits per heavy atom. The van der Waals surface area contributed by atoms with Crippen LogP contribution in [0.3, 0.4) is 0 Å². The van der Waals surface area contributed by atoms with Crippen molar-refractivity contribution in [3.63, 3.8) is 0 Å². The molecule has 1 fully saturated rings. The molecule has 2 heterocycles. The number of rotatable bonds is 6. The van der Waals surface area contributed by atoms with Gasteiger partial charge in [-0.05, 0) is 31.5 Å². The van der Waals surface area contributed by atoms with Gasteiger partial charge in [0, 0.05) is 19.3 Å². The zero-order valence-corrected chi connectivity index (χ0v) is 10.3. The summed E-state index contributed by atoms with van der Waals surface area (Å²) in [4.78, 5) is 17.0. The van der Waals surface area contributed by atoms with Crippen LogP contribution in [-0.2, 0) is 4.74 Å². The Morgan fingerprint density at radius 2 is 2.53 bits per heavy atom. The van der Waals surface area contributed by atoms with Crippen molar-refractivity contribution < 1.29 is 9.53 Å². The van der Waals surface area contributed by atoms with Gasteiger partial charge in [-0.1, -0.05) is 6.92 Å². The molecule has 1 unspecified atom stereocenters. The highest BCUT2D eigenvalue weighted by atomic mass is 16.5. The van der Waals surface area contributed by atoms with Crippen LogP contribution in [0.1, 0.15) is 30.3 Å². The summed E-state index contributed by atoms with van der Waals surface area (Å²) in [6, 6.07) is 3.67. The van der Waals surface area contributed by atoms with Gasteiger partial charge >= 0.3 is 0 Å². The molecule has 0 aromatic carbocycles. The van der Waals surface area contributed by atoms with Crippen molar-refractivity contribution in [3.05, 3.63) is 24.0 Å². The number of hydrogen-bond acceptors (Lipinski definition) is 3. The summed E-state index contributed by atoms with van der Waals surface area (Å²) in [5.74, 6) is 0.148. The number of aromatic amines is 1. The standard InChI is InChI=1S/C13H20N2O2/c1-2-15(9-11-5-4-8-17-11)10-13(16)12-6-3-7-14-12/h3,6-7,11,14H,2,4-5,8-10H2,1H3. The van der Waals surface area contributed by atoms with Gasteiger partial charge in [0.15, 0.2) is 5.78 Å². The fourth-order valence-corrected chi connectivity index (χ4v) is 2.17. The summed E-state index contributed by atoms with van der Waals surface area (Å²) < 4.78 is 5.60. The molecule has 1 aromatic rings. The van der Waals surface area contributed by atoms with Gasteiger partial charge in [-0.3, -0.25) is 9.69 Å². The van der Waals surface area contributed by atoms with Gasteiger partial charge in [0.1, 0.15) is 0 Å². The molecule has 2 rings (SSSR count). The molecule has 0 saturated carbocycles. The zero-order valence-electron chi connectivity index (χ0n) is 10.3. The van der Waals surface area contributed by atoms with Crippen LogP contribution >= 0.6 is 0 Å². The van der Waals surface area contributed by atoms with Gasteiger partial charge in [-0.15, -0.1) is 0 Å². The average molecular weight is 236 g/mol. The first-order valence-corrected chi connectivity index (χ1v) is 6.30. The Kier molecular flexibility index (Phi) is 4.34. The molecule has 1 aliphatic rings.